The van der Waals surface area contributed by atoms with Gasteiger partial charge in [0.2, 0.25) is 5.88 Å². The summed E-state index contributed by atoms with van der Waals surface area (Å²) in [5.74, 6) is 0.531. The van der Waals surface area contributed by atoms with Crippen molar-refractivity contribution in [1.29, 1.82) is 0 Å². The standard InChI is InChI=1S/C18H21N3O3.2ClH/c1-23-17-14(18(22)24-2)7-8-16(20-17)21-10-9-12-5-3-4-6-13(12)15(21)11-19;;/h3-8,15H,9-11,19H2,1-2H3;2*1H. The minimum Gasteiger partial charge on any atom is -0.480 e. The lowest BCUT2D eigenvalue weighted by molar-refractivity contribution is 0.0596. The van der Waals surface area contributed by atoms with E-state index in [1.165, 1.54) is 25.3 Å². The summed E-state index contributed by atoms with van der Waals surface area (Å²) in [4.78, 5) is 18.5. The average Bonchev–Trinajstić information content (AvgIpc) is 2.65. The van der Waals surface area contributed by atoms with Crippen molar-refractivity contribution < 1.29 is 14.3 Å². The van der Waals surface area contributed by atoms with Crippen LogP contribution in [0.4, 0.5) is 5.82 Å². The number of methoxy groups -OCH3 is 2. The fraction of sp³-hybridized carbons (Fsp3) is 0.333. The van der Waals surface area contributed by atoms with Gasteiger partial charge in [-0.25, -0.2) is 4.79 Å². The Morgan fingerprint density at radius 1 is 1.23 bits per heavy atom. The van der Waals surface area contributed by atoms with Crippen molar-refractivity contribution in [2.75, 3.05) is 32.2 Å². The molecule has 2 heterocycles. The summed E-state index contributed by atoms with van der Waals surface area (Å²) in [6, 6.07) is 11.9. The molecule has 8 heteroatoms. The first-order valence-corrected chi connectivity index (χ1v) is 7.87. The fourth-order valence-corrected chi connectivity index (χ4v) is 3.19. The van der Waals surface area contributed by atoms with Crippen molar-refractivity contribution in [3.05, 3.63) is 53.1 Å². The van der Waals surface area contributed by atoms with Crippen LogP contribution in [0.1, 0.15) is 27.5 Å². The molecule has 1 atom stereocenters. The third-order valence-electron chi connectivity index (χ3n) is 4.37. The number of nitrogens with zero attached hydrogens (tertiary/aromatic N) is 2. The Morgan fingerprint density at radius 2 is 1.96 bits per heavy atom. The largest absolute Gasteiger partial charge is 0.480 e. The van der Waals surface area contributed by atoms with Gasteiger partial charge in [-0.3, -0.25) is 0 Å². The monoisotopic (exact) mass is 399 g/mol. The zero-order chi connectivity index (χ0) is 17.1. The third-order valence-corrected chi connectivity index (χ3v) is 4.37. The van der Waals surface area contributed by atoms with Gasteiger partial charge in [0, 0.05) is 13.1 Å². The molecule has 0 aliphatic carbocycles. The Morgan fingerprint density at radius 3 is 2.62 bits per heavy atom. The second kappa shape index (κ2) is 9.62. The lowest BCUT2D eigenvalue weighted by Gasteiger charge is -2.37. The minimum atomic E-state index is -0.467. The highest BCUT2D eigenvalue weighted by atomic mass is 35.5. The van der Waals surface area contributed by atoms with E-state index in [1.807, 2.05) is 12.1 Å². The summed E-state index contributed by atoms with van der Waals surface area (Å²) in [7, 11) is 2.83. The van der Waals surface area contributed by atoms with Crippen molar-refractivity contribution >= 4 is 36.6 Å². The van der Waals surface area contributed by atoms with Crippen LogP contribution in [0.2, 0.25) is 0 Å². The second-order valence-electron chi connectivity index (χ2n) is 5.61. The zero-order valence-corrected chi connectivity index (χ0v) is 16.3. The highest BCUT2D eigenvalue weighted by Gasteiger charge is 2.28. The van der Waals surface area contributed by atoms with E-state index in [0.717, 1.165) is 18.8 Å². The van der Waals surface area contributed by atoms with E-state index < -0.39 is 5.97 Å². The van der Waals surface area contributed by atoms with Crippen LogP contribution >= 0.6 is 24.8 Å². The maximum Gasteiger partial charge on any atom is 0.343 e. The number of hydrogen-bond acceptors (Lipinski definition) is 6. The summed E-state index contributed by atoms with van der Waals surface area (Å²) in [5.41, 5.74) is 8.90. The number of anilines is 1. The number of pyridine rings is 1. The molecule has 0 spiro atoms. The van der Waals surface area contributed by atoms with Crippen molar-refractivity contribution in [2.45, 2.75) is 12.5 Å². The highest BCUT2D eigenvalue weighted by molar-refractivity contribution is 5.92. The molecule has 6 nitrogen and oxygen atoms in total. The summed E-state index contributed by atoms with van der Waals surface area (Å²) < 4.78 is 10.0. The smallest absolute Gasteiger partial charge is 0.343 e. The van der Waals surface area contributed by atoms with Gasteiger partial charge in [0.05, 0.1) is 20.3 Å². The van der Waals surface area contributed by atoms with Crippen molar-refractivity contribution in [3.63, 3.8) is 0 Å². The maximum atomic E-state index is 11.8. The van der Waals surface area contributed by atoms with Crippen LogP contribution in [-0.4, -0.2) is 38.3 Å². The zero-order valence-electron chi connectivity index (χ0n) is 14.7. The molecule has 2 aromatic rings. The molecule has 0 amide bonds. The molecule has 0 saturated carbocycles. The van der Waals surface area contributed by atoms with Gasteiger partial charge in [-0.2, -0.15) is 4.98 Å². The van der Waals surface area contributed by atoms with Gasteiger partial charge >= 0.3 is 5.97 Å². The van der Waals surface area contributed by atoms with Crippen molar-refractivity contribution in [2.24, 2.45) is 5.73 Å². The Balaban J connectivity index is 0.00000169. The first-order chi connectivity index (χ1) is 11.7. The summed E-state index contributed by atoms with van der Waals surface area (Å²) in [6.45, 7) is 1.30. The average molecular weight is 400 g/mol. The van der Waals surface area contributed by atoms with Gasteiger partial charge in [0.15, 0.2) is 0 Å². The number of carbonyl (C=O) groups excluding carboxylic acids is 1. The maximum absolute atomic E-state index is 11.8. The van der Waals surface area contributed by atoms with Gasteiger partial charge in [-0.1, -0.05) is 24.3 Å². The third kappa shape index (κ3) is 4.03. The molecule has 0 bridgehead atoms. The number of nitrogens with two attached hydrogens (primary N) is 1. The molecule has 142 valence electrons. The van der Waals surface area contributed by atoms with E-state index >= 15 is 0 Å². The second-order valence-corrected chi connectivity index (χ2v) is 5.61. The number of fused-ring (bicyclic) bond motifs is 1. The van der Waals surface area contributed by atoms with Crippen molar-refractivity contribution in [1.82, 2.24) is 4.98 Å². The first kappa shape index (κ1) is 22.0. The Hall–Kier alpha value is -2.02. The quantitative estimate of drug-likeness (QED) is 0.796. The topological polar surface area (TPSA) is 77.7 Å². The summed E-state index contributed by atoms with van der Waals surface area (Å²) >= 11 is 0. The van der Waals surface area contributed by atoms with E-state index in [4.69, 9.17) is 15.2 Å². The number of rotatable bonds is 4. The number of aromatic nitrogens is 1. The van der Waals surface area contributed by atoms with E-state index in [2.05, 4.69) is 28.1 Å². The number of ether oxygens (including phenoxy) is 2. The molecule has 1 aliphatic heterocycles. The number of halogens is 2. The normalized spacial score (nSPS) is 15.2. The molecular weight excluding hydrogens is 377 g/mol. The molecule has 0 radical (unpaired) electrons. The van der Waals surface area contributed by atoms with E-state index in [1.54, 1.807) is 6.07 Å². The number of carbonyl (C=O) groups is 1. The molecule has 2 N–H and O–H groups in total. The number of benzene rings is 1. The fourth-order valence-electron chi connectivity index (χ4n) is 3.19. The van der Waals surface area contributed by atoms with Gasteiger partial charge in [-0.15, -0.1) is 24.8 Å². The lowest BCUT2D eigenvalue weighted by atomic mass is 9.92. The molecule has 1 aliphatic rings. The first-order valence-electron chi connectivity index (χ1n) is 7.87. The van der Waals surface area contributed by atoms with Crippen LogP contribution in [0.15, 0.2) is 36.4 Å². The number of esters is 1. The van der Waals surface area contributed by atoms with Crippen LogP contribution in [0, 0.1) is 0 Å². The van der Waals surface area contributed by atoms with Gasteiger partial charge in [0.25, 0.3) is 0 Å². The molecular formula is C18H23Cl2N3O3. The van der Waals surface area contributed by atoms with Crippen LogP contribution in [0.25, 0.3) is 0 Å². The Kier molecular flexibility index (Phi) is 8.14. The Bertz CT molecular complexity index is 758. The van der Waals surface area contributed by atoms with Crippen LogP contribution < -0.4 is 15.4 Å². The van der Waals surface area contributed by atoms with Gasteiger partial charge < -0.3 is 20.1 Å². The molecule has 1 aromatic heterocycles. The van der Waals surface area contributed by atoms with E-state index in [-0.39, 0.29) is 36.7 Å². The predicted molar refractivity (Wildman–Crippen MR) is 106 cm³/mol. The lowest BCUT2D eigenvalue weighted by Crippen LogP contribution is -2.40. The number of hydrogen-bond donors (Lipinski definition) is 1. The van der Waals surface area contributed by atoms with Crippen LogP contribution in [0.5, 0.6) is 5.88 Å². The molecule has 1 aromatic carbocycles. The summed E-state index contributed by atoms with van der Waals surface area (Å²) in [6.07, 6.45) is 0.926. The van der Waals surface area contributed by atoms with Gasteiger partial charge in [-0.05, 0) is 29.7 Å². The van der Waals surface area contributed by atoms with Crippen LogP contribution in [-0.2, 0) is 11.2 Å². The van der Waals surface area contributed by atoms with E-state index in [9.17, 15) is 4.79 Å². The van der Waals surface area contributed by atoms with Crippen molar-refractivity contribution in [3.8, 4) is 5.88 Å². The predicted octanol–water partition coefficient (Wildman–Crippen LogP) is 2.78. The highest BCUT2D eigenvalue weighted by Crippen LogP contribution is 2.33. The molecule has 0 saturated heterocycles. The summed E-state index contributed by atoms with van der Waals surface area (Å²) in [5, 5.41) is 0. The minimum absolute atomic E-state index is 0. The SMILES string of the molecule is COC(=O)c1ccc(N2CCc3ccccc3C2CN)nc1OC.Cl.Cl. The molecule has 26 heavy (non-hydrogen) atoms. The molecule has 3 rings (SSSR count). The Labute approximate surface area is 165 Å². The molecule has 1 unspecified atom stereocenters. The van der Waals surface area contributed by atoms with Gasteiger partial charge in [0.1, 0.15) is 11.4 Å². The molecule has 0 fully saturated rings. The van der Waals surface area contributed by atoms with E-state index in [0.29, 0.717) is 12.1 Å². The van der Waals surface area contributed by atoms with Crippen LogP contribution in [0.3, 0.4) is 0 Å².